The molecule has 1 amide bonds. The number of anilines is 3. The Morgan fingerprint density at radius 1 is 1.00 bits per heavy atom. The van der Waals surface area contributed by atoms with Crippen LogP contribution in [0.4, 0.5) is 17.3 Å². The molecular weight excluding hydrogens is 288 g/mol. The Labute approximate surface area is 137 Å². The Kier molecular flexibility index (Phi) is 5.68. The number of aryl methyl sites for hydroxylation is 2. The first-order chi connectivity index (χ1) is 11.0. The Hall–Kier alpha value is -2.43. The first-order valence-corrected chi connectivity index (χ1v) is 8.02. The van der Waals surface area contributed by atoms with Crippen LogP contribution >= 0.6 is 0 Å². The number of amides is 1. The number of nitrogens with one attached hydrogen (secondary N) is 2. The summed E-state index contributed by atoms with van der Waals surface area (Å²) in [5.74, 6) is 0.723. The number of nitrogens with zero attached hydrogens (tertiary/aromatic N) is 2. The molecule has 0 bridgehead atoms. The highest BCUT2D eigenvalue weighted by atomic mass is 16.1. The van der Waals surface area contributed by atoms with Gasteiger partial charge in [-0.25, -0.2) is 9.97 Å². The van der Waals surface area contributed by atoms with E-state index in [0.29, 0.717) is 5.95 Å². The predicted molar refractivity (Wildman–Crippen MR) is 93.9 cm³/mol. The second-order valence-corrected chi connectivity index (χ2v) is 5.68. The standard InChI is InChI=1S/C18H24N4O/c1-5-14(6-2)17(23)21-15-7-9-16(10-8-15)22-18-19-12(3)11-13(4)20-18/h7-11,14H,5-6H2,1-4H3,(H,21,23)(H,19,20,22). The number of benzene rings is 1. The average Bonchev–Trinajstić information content (AvgIpc) is 2.49. The van der Waals surface area contributed by atoms with Gasteiger partial charge >= 0.3 is 0 Å². The molecule has 122 valence electrons. The first-order valence-electron chi connectivity index (χ1n) is 8.02. The average molecular weight is 312 g/mol. The largest absolute Gasteiger partial charge is 0.326 e. The van der Waals surface area contributed by atoms with Crippen molar-refractivity contribution in [2.75, 3.05) is 10.6 Å². The lowest BCUT2D eigenvalue weighted by Gasteiger charge is -2.13. The van der Waals surface area contributed by atoms with Crippen molar-refractivity contribution in [3.8, 4) is 0 Å². The van der Waals surface area contributed by atoms with Crippen molar-refractivity contribution in [2.24, 2.45) is 5.92 Å². The molecule has 23 heavy (non-hydrogen) atoms. The van der Waals surface area contributed by atoms with E-state index in [1.807, 2.05) is 58.0 Å². The second kappa shape index (κ2) is 7.72. The minimum absolute atomic E-state index is 0.0662. The Balaban J connectivity index is 2.03. The molecular formula is C18H24N4O. The lowest BCUT2D eigenvalue weighted by atomic mass is 10.0. The van der Waals surface area contributed by atoms with Crippen LogP contribution in [0.1, 0.15) is 38.1 Å². The number of carbonyl (C=O) groups is 1. The van der Waals surface area contributed by atoms with Crippen molar-refractivity contribution in [2.45, 2.75) is 40.5 Å². The topological polar surface area (TPSA) is 66.9 Å². The van der Waals surface area contributed by atoms with Gasteiger partial charge in [-0.15, -0.1) is 0 Å². The molecule has 1 aromatic heterocycles. The smallest absolute Gasteiger partial charge is 0.227 e. The third kappa shape index (κ3) is 4.77. The van der Waals surface area contributed by atoms with E-state index in [-0.39, 0.29) is 11.8 Å². The fourth-order valence-electron chi connectivity index (χ4n) is 2.45. The summed E-state index contributed by atoms with van der Waals surface area (Å²) in [6, 6.07) is 9.51. The van der Waals surface area contributed by atoms with Crippen LogP contribution in [0.25, 0.3) is 0 Å². The maximum absolute atomic E-state index is 12.1. The van der Waals surface area contributed by atoms with Gasteiger partial charge in [0.1, 0.15) is 0 Å². The molecule has 0 unspecified atom stereocenters. The molecule has 0 fully saturated rings. The lowest BCUT2D eigenvalue weighted by Crippen LogP contribution is -2.21. The highest BCUT2D eigenvalue weighted by Crippen LogP contribution is 2.18. The van der Waals surface area contributed by atoms with Gasteiger partial charge in [0, 0.05) is 28.7 Å². The minimum atomic E-state index is 0.0662. The normalized spacial score (nSPS) is 10.7. The molecule has 2 N–H and O–H groups in total. The molecule has 1 aromatic carbocycles. The summed E-state index contributed by atoms with van der Waals surface area (Å²) in [4.78, 5) is 20.8. The fourth-order valence-corrected chi connectivity index (χ4v) is 2.45. The van der Waals surface area contributed by atoms with Crippen LogP contribution in [0, 0.1) is 19.8 Å². The molecule has 1 heterocycles. The summed E-state index contributed by atoms with van der Waals surface area (Å²) in [6.07, 6.45) is 1.71. The van der Waals surface area contributed by atoms with Gasteiger partial charge in [0.25, 0.3) is 0 Å². The number of carbonyl (C=O) groups excluding carboxylic acids is 1. The molecule has 0 aliphatic heterocycles. The van der Waals surface area contributed by atoms with Crippen LogP contribution in [-0.4, -0.2) is 15.9 Å². The third-order valence-corrected chi connectivity index (χ3v) is 3.75. The summed E-state index contributed by atoms with van der Waals surface area (Å²) in [5.41, 5.74) is 3.53. The number of aromatic nitrogens is 2. The van der Waals surface area contributed by atoms with E-state index >= 15 is 0 Å². The van der Waals surface area contributed by atoms with Crippen LogP contribution < -0.4 is 10.6 Å². The second-order valence-electron chi connectivity index (χ2n) is 5.68. The van der Waals surface area contributed by atoms with Gasteiger partial charge in [-0.1, -0.05) is 13.8 Å². The van der Waals surface area contributed by atoms with Crippen molar-refractivity contribution in [3.05, 3.63) is 41.7 Å². The summed E-state index contributed by atoms with van der Waals surface area (Å²) in [5, 5.41) is 6.13. The Bertz CT molecular complexity index is 643. The van der Waals surface area contributed by atoms with Gasteiger partial charge in [-0.3, -0.25) is 4.79 Å². The Morgan fingerprint density at radius 3 is 2.04 bits per heavy atom. The molecule has 0 saturated carbocycles. The summed E-state index contributed by atoms with van der Waals surface area (Å²) in [6.45, 7) is 7.95. The summed E-state index contributed by atoms with van der Waals surface area (Å²) >= 11 is 0. The maximum atomic E-state index is 12.1. The molecule has 5 nitrogen and oxygen atoms in total. The monoisotopic (exact) mass is 312 g/mol. The van der Waals surface area contributed by atoms with Gasteiger partial charge in [-0.05, 0) is 57.0 Å². The SMILES string of the molecule is CCC(CC)C(=O)Nc1ccc(Nc2nc(C)cc(C)n2)cc1. The molecule has 0 radical (unpaired) electrons. The lowest BCUT2D eigenvalue weighted by molar-refractivity contribution is -0.120. The van der Waals surface area contributed by atoms with Crippen molar-refractivity contribution < 1.29 is 4.79 Å². The molecule has 0 aliphatic rings. The zero-order valence-corrected chi connectivity index (χ0v) is 14.2. The van der Waals surface area contributed by atoms with Crippen LogP contribution in [0.5, 0.6) is 0 Å². The molecule has 0 atom stereocenters. The predicted octanol–water partition coefficient (Wildman–Crippen LogP) is 4.21. The fraction of sp³-hybridized carbons (Fsp3) is 0.389. The molecule has 0 saturated heterocycles. The van der Waals surface area contributed by atoms with E-state index in [1.165, 1.54) is 0 Å². The van der Waals surface area contributed by atoms with E-state index in [0.717, 1.165) is 35.6 Å². The van der Waals surface area contributed by atoms with Crippen molar-refractivity contribution in [3.63, 3.8) is 0 Å². The highest BCUT2D eigenvalue weighted by molar-refractivity contribution is 5.92. The first kappa shape index (κ1) is 16.9. The number of rotatable bonds is 6. The third-order valence-electron chi connectivity index (χ3n) is 3.75. The van der Waals surface area contributed by atoms with E-state index < -0.39 is 0 Å². The van der Waals surface area contributed by atoms with E-state index in [1.54, 1.807) is 0 Å². The molecule has 0 spiro atoms. The maximum Gasteiger partial charge on any atom is 0.227 e. The molecule has 2 rings (SSSR count). The van der Waals surface area contributed by atoms with Gasteiger partial charge in [0.05, 0.1) is 0 Å². The van der Waals surface area contributed by atoms with E-state index in [2.05, 4.69) is 20.6 Å². The van der Waals surface area contributed by atoms with Crippen LogP contribution in [0.2, 0.25) is 0 Å². The highest BCUT2D eigenvalue weighted by Gasteiger charge is 2.13. The zero-order valence-electron chi connectivity index (χ0n) is 14.2. The van der Waals surface area contributed by atoms with Crippen molar-refractivity contribution >= 4 is 23.2 Å². The minimum Gasteiger partial charge on any atom is -0.326 e. The molecule has 0 aliphatic carbocycles. The van der Waals surface area contributed by atoms with Gasteiger partial charge in [0.15, 0.2) is 0 Å². The van der Waals surface area contributed by atoms with Gasteiger partial charge < -0.3 is 10.6 Å². The van der Waals surface area contributed by atoms with Crippen molar-refractivity contribution in [1.29, 1.82) is 0 Å². The van der Waals surface area contributed by atoms with Gasteiger partial charge in [0.2, 0.25) is 11.9 Å². The summed E-state index contributed by atoms with van der Waals surface area (Å²) < 4.78 is 0. The van der Waals surface area contributed by atoms with Crippen LogP contribution in [-0.2, 0) is 4.79 Å². The van der Waals surface area contributed by atoms with Crippen molar-refractivity contribution in [1.82, 2.24) is 9.97 Å². The number of hydrogen-bond acceptors (Lipinski definition) is 4. The molecule has 2 aromatic rings. The molecule has 5 heteroatoms. The summed E-state index contributed by atoms with van der Waals surface area (Å²) in [7, 11) is 0. The van der Waals surface area contributed by atoms with Gasteiger partial charge in [-0.2, -0.15) is 0 Å². The van der Waals surface area contributed by atoms with E-state index in [9.17, 15) is 4.79 Å². The van der Waals surface area contributed by atoms with Crippen LogP contribution in [0.3, 0.4) is 0 Å². The Morgan fingerprint density at radius 2 is 1.52 bits per heavy atom. The van der Waals surface area contributed by atoms with Crippen LogP contribution in [0.15, 0.2) is 30.3 Å². The quantitative estimate of drug-likeness (QED) is 0.838. The number of hydrogen-bond donors (Lipinski definition) is 2. The van der Waals surface area contributed by atoms with E-state index in [4.69, 9.17) is 0 Å². The zero-order chi connectivity index (χ0) is 16.8.